The minimum atomic E-state index is 0.136. The molecule has 1 atom stereocenters. The maximum atomic E-state index is 9.20. The second-order valence-electron chi connectivity index (χ2n) is 6.91. The first-order valence-electron chi connectivity index (χ1n) is 9.03. The Labute approximate surface area is 147 Å². The van der Waals surface area contributed by atoms with Gasteiger partial charge in [-0.1, -0.05) is 5.16 Å². The number of fused-ring (bicyclic) bond motifs is 1. The van der Waals surface area contributed by atoms with Crippen LogP contribution in [0.15, 0.2) is 17.3 Å². The summed E-state index contributed by atoms with van der Waals surface area (Å²) in [6, 6.07) is 3.97. The van der Waals surface area contributed by atoms with E-state index in [1.807, 2.05) is 19.1 Å². The van der Waals surface area contributed by atoms with Crippen molar-refractivity contribution < 1.29 is 9.94 Å². The molecule has 2 aliphatic heterocycles. The molecular formula is C18H25N5O2. The number of oxime groups is 1. The van der Waals surface area contributed by atoms with Crippen molar-refractivity contribution in [3.8, 4) is 0 Å². The SMILES string of the molecule is Cc1nc2c(N3CCCCC3)c(C(N)=NO)ccc2n1CC1CCO1. The molecule has 2 fully saturated rings. The number of benzene rings is 1. The largest absolute Gasteiger partial charge is 0.409 e. The molecule has 3 heterocycles. The second-order valence-corrected chi connectivity index (χ2v) is 6.91. The molecule has 0 radical (unpaired) electrons. The minimum absolute atomic E-state index is 0.136. The average Bonchev–Trinajstić information content (AvgIpc) is 2.92. The van der Waals surface area contributed by atoms with Crippen molar-refractivity contribution in [2.45, 2.75) is 45.3 Å². The fraction of sp³-hybridized carbons (Fsp3) is 0.556. The van der Waals surface area contributed by atoms with Gasteiger partial charge in [0, 0.05) is 25.3 Å². The Morgan fingerprint density at radius 2 is 2.12 bits per heavy atom. The van der Waals surface area contributed by atoms with Gasteiger partial charge in [0.15, 0.2) is 5.84 Å². The van der Waals surface area contributed by atoms with Gasteiger partial charge < -0.3 is 25.1 Å². The lowest BCUT2D eigenvalue weighted by Gasteiger charge is -2.31. The van der Waals surface area contributed by atoms with Gasteiger partial charge in [-0.15, -0.1) is 0 Å². The van der Waals surface area contributed by atoms with Crippen LogP contribution in [0.4, 0.5) is 5.69 Å². The maximum absolute atomic E-state index is 9.20. The number of hydrogen-bond donors (Lipinski definition) is 2. The zero-order chi connectivity index (χ0) is 17.4. The van der Waals surface area contributed by atoms with Crippen LogP contribution >= 0.6 is 0 Å². The fourth-order valence-corrected chi connectivity index (χ4v) is 3.85. The monoisotopic (exact) mass is 343 g/mol. The molecule has 0 bridgehead atoms. The molecular weight excluding hydrogens is 318 g/mol. The number of piperidine rings is 1. The lowest BCUT2D eigenvalue weighted by Crippen LogP contribution is -2.32. The Kier molecular flexibility index (Phi) is 4.25. The van der Waals surface area contributed by atoms with Crippen molar-refractivity contribution in [1.29, 1.82) is 0 Å². The summed E-state index contributed by atoms with van der Waals surface area (Å²) in [5, 5.41) is 12.4. The lowest BCUT2D eigenvalue weighted by atomic mass is 10.0. The van der Waals surface area contributed by atoms with Crippen LogP contribution in [0.5, 0.6) is 0 Å². The summed E-state index contributed by atoms with van der Waals surface area (Å²) in [7, 11) is 0. The lowest BCUT2D eigenvalue weighted by molar-refractivity contribution is -0.0589. The zero-order valence-electron chi connectivity index (χ0n) is 14.6. The van der Waals surface area contributed by atoms with Crippen molar-refractivity contribution >= 4 is 22.6 Å². The fourth-order valence-electron chi connectivity index (χ4n) is 3.85. The van der Waals surface area contributed by atoms with E-state index in [9.17, 15) is 5.21 Å². The van der Waals surface area contributed by atoms with Crippen molar-refractivity contribution in [3.63, 3.8) is 0 Å². The van der Waals surface area contributed by atoms with Gasteiger partial charge in [0.2, 0.25) is 0 Å². The molecule has 0 amide bonds. The molecule has 134 valence electrons. The number of aryl methyl sites for hydroxylation is 1. The second kappa shape index (κ2) is 6.55. The quantitative estimate of drug-likeness (QED) is 0.385. The molecule has 4 rings (SSSR count). The number of nitrogens with two attached hydrogens (primary N) is 1. The number of aromatic nitrogens is 2. The van der Waals surface area contributed by atoms with Gasteiger partial charge in [0.05, 0.1) is 23.9 Å². The van der Waals surface area contributed by atoms with Gasteiger partial charge in [-0.2, -0.15) is 0 Å². The molecule has 0 aliphatic carbocycles. The van der Waals surface area contributed by atoms with Crippen LogP contribution in [-0.4, -0.2) is 46.4 Å². The highest BCUT2D eigenvalue weighted by Crippen LogP contribution is 2.33. The molecule has 0 saturated carbocycles. The Hall–Kier alpha value is -2.28. The van der Waals surface area contributed by atoms with Crippen LogP contribution < -0.4 is 10.6 Å². The molecule has 2 aliphatic rings. The van der Waals surface area contributed by atoms with Crippen molar-refractivity contribution in [2.75, 3.05) is 24.6 Å². The predicted octanol–water partition coefficient (Wildman–Crippen LogP) is 2.22. The summed E-state index contributed by atoms with van der Waals surface area (Å²) in [5.74, 6) is 1.11. The maximum Gasteiger partial charge on any atom is 0.172 e. The molecule has 25 heavy (non-hydrogen) atoms. The van der Waals surface area contributed by atoms with E-state index in [4.69, 9.17) is 15.5 Å². The molecule has 1 aromatic carbocycles. The van der Waals surface area contributed by atoms with E-state index in [1.54, 1.807) is 0 Å². The zero-order valence-corrected chi connectivity index (χ0v) is 14.6. The number of hydrogen-bond acceptors (Lipinski definition) is 5. The Morgan fingerprint density at radius 3 is 2.76 bits per heavy atom. The van der Waals surface area contributed by atoms with Crippen molar-refractivity contribution in [1.82, 2.24) is 9.55 Å². The van der Waals surface area contributed by atoms with Gasteiger partial charge in [-0.25, -0.2) is 4.98 Å². The number of amidine groups is 1. The molecule has 0 spiro atoms. The molecule has 7 nitrogen and oxygen atoms in total. The smallest absolute Gasteiger partial charge is 0.172 e. The molecule has 2 aromatic rings. The molecule has 7 heteroatoms. The van der Waals surface area contributed by atoms with Crippen LogP contribution in [0.25, 0.3) is 11.0 Å². The van der Waals surface area contributed by atoms with Gasteiger partial charge in [-0.3, -0.25) is 0 Å². The van der Waals surface area contributed by atoms with E-state index in [-0.39, 0.29) is 11.9 Å². The summed E-state index contributed by atoms with van der Waals surface area (Å²) in [4.78, 5) is 7.18. The number of imidazole rings is 1. The molecule has 2 saturated heterocycles. The predicted molar refractivity (Wildman–Crippen MR) is 97.4 cm³/mol. The Bertz CT molecular complexity index is 803. The number of nitrogens with zero attached hydrogens (tertiary/aromatic N) is 4. The Morgan fingerprint density at radius 1 is 1.36 bits per heavy atom. The summed E-state index contributed by atoms with van der Waals surface area (Å²) in [6.45, 7) is 5.65. The van der Waals surface area contributed by atoms with E-state index in [1.165, 1.54) is 6.42 Å². The number of ether oxygens (including phenoxy) is 1. The van der Waals surface area contributed by atoms with Gasteiger partial charge in [-0.05, 0) is 44.7 Å². The van der Waals surface area contributed by atoms with Crippen LogP contribution in [0.3, 0.4) is 0 Å². The van der Waals surface area contributed by atoms with E-state index in [0.717, 1.165) is 73.6 Å². The van der Waals surface area contributed by atoms with E-state index in [2.05, 4.69) is 14.6 Å². The first-order valence-corrected chi connectivity index (χ1v) is 9.03. The van der Waals surface area contributed by atoms with Crippen LogP contribution in [0.1, 0.15) is 37.1 Å². The van der Waals surface area contributed by atoms with Crippen LogP contribution in [0.2, 0.25) is 0 Å². The third kappa shape index (κ3) is 2.82. The van der Waals surface area contributed by atoms with Crippen molar-refractivity contribution in [2.24, 2.45) is 10.9 Å². The van der Waals surface area contributed by atoms with Crippen LogP contribution in [-0.2, 0) is 11.3 Å². The van der Waals surface area contributed by atoms with Gasteiger partial charge in [0.25, 0.3) is 0 Å². The average molecular weight is 343 g/mol. The van der Waals surface area contributed by atoms with Crippen molar-refractivity contribution in [3.05, 3.63) is 23.5 Å². The molecule has 1 unspecified atom stereocenters. The first kappa shape index (κ1) is 16.2. The van der Waals surface area contributed by atoms with E-state index < -0.39 is 0 Å². The highest BCUT2D eigenvalue weighted by molar-refractivity contribution is 6.08. The number of anilines is 1. The standard InChI is InChI=1S/C18H25N5O2/c1-12-20-16-15(23(12)11-13-7-10-25-13)6-5-14(18(19)21-24)17(16)22-8-3-2-4-9-22/h5-6,13,24H,2-4,7-11H2,1H3,(H2,19,21). The summed E-state index contributed by atoms with van der Waals surface area (Å²) in [5.41, 5.74) is 9.73. The third-order valence-electron chi connectivity index (χ3n) is 5.32. The Balaban J connectivity index is 1.85. The van der Waals surface area contributed by atoms with E-state index >= 15 is 0 Å². The highest BCUT2D eigenvalue weighted by Gasteiger charge is 2.25. The minimum Gasteiger partial charge on any atom is -0.409 e. The highest BCUT2D eigenvalue weighted by atomic mass is 16.5. The van der Waals surface area contributed by atoms with Gasteiger partial charge in [0.1, 0.15) is 11.3 Å². The summed E-state index contributed by atoms with van der Waals surface area (Å²) in [6.07, 6.45) is 4.93. The normalized spacial score (nSPS) is 21.6. The third-order valence-corrected chi connectivity index (χ3v) is 5.32. The molecule has 1 aromatic heterocycles. The number of rotatable bonds is 4. The topological polar surface area (TPSA) is 88.9 Å². The first-order chi connectivity index (χ1) is 12.2. The summed E-state index contributed by atoms with van der Waals surface area (Å²) < 4.78 is 7.83. The van der Waals surface area contributed by atoms with E-state index in [0.29, 0.717) is 0 Å². The summed E-state index contributed by atoms with van der Waals surface area (Å²) >= 11 is 0. The van der Waals surface area contributed by atoms with Gasteiger partial charge >= 0.3 is 0 Å². The van der Waals surface area contributed by atoms with Crippen LogP contribution in [0, 0.1) is 6.92 Å². The molecule has 3 N–H and O–H groups in total.